The van der Waals surface area contributed by atoms with E-state index in [0.29, 0.717) is 11.4 Å². The van der Waals surface area contributed by atoms with Crippen LogP contribution in [0.15, 0.2) is 40.9 Å². The van der Waals surface area contributed by atoms with Crippen LogP contribution >= 0.6 is 27.5 Å². The number of hydrogen-bond donors (Lipinski definition) is 1. The largest absolute Gasteiger partial charge is 0.496 e. The lowest BCUT2D eigenvalue weighted by Crippen LogP contribution is -2.20. The van der Waals surface area contributed by atoms with Crippen molar-refractivity contribution in [2.45, 2.75) is 12.5 Å². The van der Waals surface area contributed by atoms with E-state index in [4.69, 9.17) is 16.3 Å². The van der Waals surface area contributed by atoms with Crippen molar-refractivity contribution in [2.75, 3.05) is 14.2 Å². The fourth-order valence-corrected chi connectivity index (χ4v) is 2.99. The van der Waals surface area contributed by atoms with E-state index in [9.17, 15) is 4.39 Å². The molecule has 0 aromatic heterocycles. The number of nitrogens with one attached hydrogen (secondary N) is 1. The molecule has 0 bridgehead atoms. The van der Waals surface area contributed by atoms with Crippen LogP contribution in [0.5, 0.6) is 5.75 Å². The first kappa shape index (κ1) is 16.3. The number of rotatable bonds is 5. The molecule has 0 aliphatic rings. The molecule has 0 amide bonds. The van der Waals surface area contributed by atoms with Crippen molar-refractivity contribution in [1.82, 2.24) is 5.32 Å². The maximum atomic E-state index is 13.5. The summed E-state index contributed by atoms with van der Waals surface area (Å²) < 4.78 is 19.7. The Morgan fingerprint density at radius 3 is 2.71 bits per heavy atom. The summed E-state index contributed by atoms with van der Waals surface area (Å²) in [6, 6.07) is 10.1. The van der Waals surface area contributed by atoms with Crippen LogP contribution in [0.4, 0.5) is 4.39 Å². The number of ether oxygens (including phenoxy) is 1. The molecule has 0 heterocycles. The molecule has 1 N–H and O–H groups in total. The predicted octanol–water partition coefficient (Wildman–Crippen LogP) is 4.75. The van der Waals surface area contributed by atoms with Crippen molar-refractivity contribution in [1.29, 1.82) is 0 Å². The van der Waals surface area contributed by atoms with Gasteiger partial charge in [0.1, 0.15) is 11.6 Å². The van der Waals surface area contributed by atoms with Crippen LogP contribution in [0.1, 0.15) is 17.2 Å². The van der Waals surface area contributed by atoms with Gasteiger partial charge in [-0.25, -0.2) is 4.39 Å². The van der Waals surface area contributed by atoms with Crippen molar-refractivity contribution < 1.29 is 9.13 Å². The highest BCUT2D eigenvalue weighted by Gasteiger charge is 2.16. The fourth-order valence-electron chi connectivity index (χ4n) is 2.28. The average Bonchev–Trinajstić information content (AvgIpc) is 2.47. The maximum Gasteiger partial charge on any atom is 0.123 e. The van der Waals surface area contributed by atoms with Gasteiger partial charge < -0.3 is 10.1 Å². The smallest absolute Gasteiger partial charge is 0.123 e. The predicted molar refractivity (Wildman–Crippen MR) is 87.6 cm³/mol. The first-order chi connectivity index (χ1) is 10.0. The van der Waals surface area contributed by atoms with Crippen LogP contribution in [0.25, 0.3) is 0 Å². The van der Waals surface area contributed by atoms with Gasteiger partial charge in [0.05, 0.1) is 7.11 Å². The average molecular weight is 373 g/mol. The van der Waals surface area contributed by atoms with Crippen molar-refractivity contribution in [2.24, 2.45) is 0 Å². The van der Waals surface area contributed by atoms with Crippen molar-refractivity contribution in [3.8, 4) is 5.75 Å². The number of likely N-dealkylation sites (N-methyl/N-ethyl adjacent to an activating group) is 1. The molecule has 0 aliphatic carbocycles. The highest BCUT2D eigenvalue weighted by molar-refractivity contribution is 9.10. The van der Waals surface area contributed by atoms with Crippen molar-refractivity contribution in [3.63, 3.8) is 0 Å². The zero-order chi connectivity index (χ0) is 15.4. The van der Waals surface area contributed by atoms with E-state index in [1.807, 2.05) is 19.2 Å². The summed E-state index contributed by atoms with van der Waals surface area (Å²) in [5, 5.41) is 3.86. The van der Waals surface area contributed by atoms with Crippen molar-refractivity contribution >= 4 is 27.5 Å². The molecule has 1 unspecified atom stereocenters. The lowest BCUT2D eigenvalue weighted by Gasteiger charge is -2.20. The minimum Gasteiger partial charge on any atom is -0.496 e. The summed E-state index contributed by atoms with van der Waals surface area (Å²) in [6.07, 6.45) is 0.641. The third kappa shape index (κ3) is 3.96. The molecular formula is C16H16BrClFNO. The SMILES string of the molecule is CNC(Cc1cc(Cl)ccc1OC)c1cc(F)ccc1Br. The van der Waals surface area contributed by atoms with Crippen LogP contribution in [-0.4, -0.2) is 14.2 Å². The van der Waals surface area contributed by atoms with Gasteiger partial charge in [-0.05, 0) is 61.0 Å². The van der Waals surface area contributed by atoms with Gasteiger partial charge in [0, 0.05) is 15.5 Å². The quantitative estimate of drug-likeness (QED) is 0.817. The van der Waals surface area contributed by atoms with Gasteiger partial charge in [0.15, 0.2) is 0 Å². The maximum absolute atomic E-state index is 13.5. The molecule has 5 heteroatoms. The number of methoxy groups -OCH3 is 1. The van der Waals surface area contributed by atoms with E-state index in [-0.39, 0.29) is 11.9 Å². The second-order valence-corrected chi connectivity index (χ2v) is 5.96. The van der Waals surface area contributed by atoms with E-state index in [1.165, 1.54) is 12.1 Å². The van der Waals surface area contributed by atoms with Crippen LogP contribution in [-0.2, 0) is 6.42 Å². The third-order valence-corrected chi connectivity index (χ3v) is 4.31. The summed E-state index contributed by atoms with van der Waals surface area (Å²) in [7, 11) is 3.47. The lowest BCUT2D eigenvalue weighted by molar-refractivity contribution is 0.406. The van der Waals surface area contributed by atoms with Gasteiger partial charge in [-0.2, -0.15) is 0 Å². The van der Waals surface area contributed by atoms with Gasteiger partial charge in [-0.15, -0.1) is 0 Å². The Balaban J connectivity index is 2.35. The lowest BCUT2D eigenvalue weighted by atomic mass is 9.98. The first-order valence-electron chi connectivity index (χ1n) is 6.49. The summed E-state index contributed by atoms with van der Waals surface area (Å²) in [6.45, 7) is 0. The topological polar surface area (TPSA) is 21.3 Å². The van der Waals surface area contributed by atoms with Crippen molar-refractivity contribution in [3.05, 3.63) is 62.8 Å². The molecule has 2 rings (SSSR count). The monoisotopic (exact) mass is 371 g/mol. The van der Waals surface area contributed by atoms with Gasteiger partial charge in [0.2, 0.25) is 0 Å². The third-order valence-electron chi connectivity index (χ3n) is 3.35. The van der Waals surface area contributed by atoms with E-state index in [2.05, 4.69) is 21.2 Å². The number of hydrogen-bond acceptors (Lipinski definition) is 2. The molecule has 0 radical (unpaired) electrons. The molecule has 21 heavy (non-hydrogen) atoms. The number of benzene rings is 2. The van der Waals surface area contributed by atoms with E-state index in [1.54, 1.807) is 19.2 Å². The molecule has 2 aromatic rings. The summed E-state index contributed by atoms with van der Waals surface area (Å²) in [5.74, 6) is 0.513. The molecule has 0 saturated heterocycles. The summed E-state index contributed by atoms with van der Waals surface area (Å²) in [5.41, 5.74) is 1.83. The Hall–Kier alpha value is -1.10. The molecule has 0 aliphatic heterocycles. The molecule has 0 fully saturated rings. The molecule has 0 spiro atoms. The van der Waals surface area contributed by atoms with E-state index >= 15 is 0 Å². The second-order valence-electron chi connectivity index (χ2n) is 4.67. The second kappa shape index (κ2) is 7.25. The van der Waals surface area contributed by atoms with E-state index in [0.717, 1.165) is 21.3 Å². The van der Waals surface area contributed by atoms with Gasteiger partial charge in [-0.1, -0.05) is 27.5 Å². The van der Waals surface area contributed by atoms with Crippen LogP contribution in [0.3, 0.4) is 0 Å². The van der Waals surface area contributed by atoms with Crippen LogP contribution in [0, 0.1) is 5.82 Å². The summed E-state index contributed by atoms with van der Waals surface area (Å²) >= 11 is 9.53. The molecule has 112 valence electrons. The first-order valence-corrected chi connectivity index (χ1v) is 7.67. The molecular weight excluding hydrogens is 357 g/mol. The van der Waals surface area contributed by atoms with Crippen LogP contribution in [0.2, 0.25) is 5.02 Å². The van der Waals surface area contributed by atoms with Gasteiger partial charge in [-0.3, -0.25) is 0 Å². The zero-order valence-electron chi connectivity index (χ0n) is 11.8. The number of halogens is 3. The fraction of sp³-hybridized carbons (Fsp3) is 0.250. The normalized spacial score (nSPS) is 12.2. The standard InChI is InChI=1S/C16H16BrClFNO/c1-20-15(13-9-12(19)4-5-14(13)17)8-10-7-11(18)3-6-16(10)21-2/h3-7,9,15,20H,8H2,1-2H3. The van der Waals surface area contributed by atoms with Gasteiger partial charge in [0.25, 0.3) is 0 Å². The Morgan fingerprint density at radius 2 is 2.05 bits per heavy atom. The highest BCUT2D eigenvalue weighted by atomic mass is 79.9. The molecule has 2 aromatic carbocycles. The highest BCUT2D eigenvalue weighted by Crippen LogP contribution is 2.31. The Morgan fingerprint density at radius 1 is 1.29 bits per heavy atom. The molecule has 0 saturated carbocycles. The van der Waals surface area contributed by atoms with Gasteiger partial charge >= 0.3 is 0 Å². The van der Waals surface area contributed by atoms with E-state index < -0.39 is 0 Å². The van der Waals surface area contributed by atoms with Crippen LogP contribution < -0.4 is 10.1 Å². The Bertz CT molecular complexity index is 636. The molecule has 2 nitrogen and oxygen atoms in total. The minimum absolute atomic E-state index is 0.0533. The Kier molecular flexibility index (Phi) is 5.62. The minimum atomic E-state index is -0.258. The summed E-state index contributed by atoms with van der Waals surface area (Å²) in [4.78, 5) is 0. The Labute approximate surface area is 137 Å². The zero-order valence-corrected chi connectivity index (χ0v) is 14.1. The molecule has 1 atom stereocenters.